The van der Waals surface area contributed by atoms with Gasteiger partial charge in [-0.1, -0.05) is 45.9 Å². The van der Waals surface area contributed by atoms with Gasteiger partial charge < -0.3 is 5.41 Å². The molecule has 2 rings (SSSR count). The van der Waals surface area contributed by atoms with Crippen LogP contribution in [-0.4, -0.2) is 11.4 Å². The minimum Gasteiger partial charge on any atom is -0.300 e. The maximum Gasteiger partial charge on any atom is 0.0700 e. The zero-order chi connectivity index (χ0) is 16.4. The van der Waals surface area contributed by atoms with Crippen molar-refractivity contribution in [2.45, 2.75) is 47.5 Å². The van der Waals surface area contributed by atoms with Crippen LogP contribution in [0.15, 0.2) is 46.5 Å². The molecule has 0 amide bonds. The average molecular weight is 294 g/mol. The van der Waals surface area contributed by atoms with Crippen LogP contribution in [0.4, 0.5) is 5.69 Å². The molecule has 116 valence electrons. The van der Waals surface area contributed by atoms with Crippen molar-refractivity contribution in [3.05, 3.63) is 52.6 Å². The van der Waals surface area contributed by atoms with Crippen LogP contribution in [0.2, 0.25) is 0 Å². The zero-order valence-electron chi connectivity index (χ0n) is 14.5. The van der Waals surface area contributed by atoms with E-state index in [1.54, 1.807) is 0 Å². The molecule has 0 heterocycles. The number of nitrogens with one attached hydrogen (secondary N) is 1. The number of hydrogen-bond donors (Lipinski definition) is 1. The fourth-order valence-corrected chi connectivity index (χ4v) is 2.74. The van der Waals surface area contributed by atoms with Gasteiger partial charge in [-0.3, -0.25) is 0 Å². The van der Waals surface area contributed by atoms with Gasteiger partial charge in [0.15, 0.2) is 0 Å². The highest BCUT2D eigenvalue weighted by Gasteiger charge is 2.17. The van der Waals surface area contributed by atoms with Gasteiger partial charge >= 0.3 is 0 Å². The Kier molecular flexibility index (Phi) is 4.80. The molecule has 0 aromatic heterocycles. The van der Waals surface area contributed by atoms with Crippen LogP contribution in [-0.2, 0) is 0 Å². The summed E-state index contributed by atoms with van der Waals surface area (Å²) in [5.41, 5.74) is 7.20. The summed E-state index contributed by atoms with van der Waals surface area (Å²) in [5.74, 6) is 0.780. The van der Waals surface area contributed by atoms with Gasteiger partial charge in [-0.25, -0.2) is 4.99 Å². The Hall–Kier alpha value is -1.96. The third kappa shape index (κ3) is 3.27. The molecule has 2 nitrogen and oxygen atoms in total. The molecule has 0 atom stereocenters. The Morgan fingerprint density at radius 1 is 0.955 bits per heavy atom. The molecule has 0 saturated carbocycles. The summed E-state index contributed by atoms with van der Waals surface area (Å²) in [6.07, 6.45) is 4.08. The van der Waals surface area contributed by atoms with Crippen molar-refractivity contribution >= 4 is 17.1 Å². The highest BCUT2D eigenvalue weighted by molar-refractivity contribution is 6.23. The van der Waals surface area contributed by atoms with Crippen LogP contribution in [0.3, 0.4) is 0 Å². The van der Waals surface area contributed by atoms with Gasteiger partial charge in [0.2, 0.25) is 0 Å². The van der Waals surface area contributed by atoms with E-state index in [-0.39, 0.29) is 0 Å². The molecule has 1 aromatic rings. The quantitative estimate of drug-likeness (QED) is 0.689. The minimum atomic E-state index is 0.336. The molecule has 0 aliphatic heterocycles. The van der Waals surface area contributed by atoms with E-state index in [1.165, 1.54) is 11.1 Å². The number of benzene rings is 1. The number of hydrogen-bond acceptors (Lipinski definition) is 2. The van der Waals surface area contributed by atoms with E-state index in [1.807, 2.05) is 13.0 Å². The summed E-state index contributed by atoms with van der Waals surface area (Å²) in [5, 5.41) is 8.21. The average Bonchev–Trinajstić information content (AvgIpc) is 2.44. The highest BCUT2D eigenvalue weighted by atomic mass is 14.8. The SMILES string of the molecule is CC1=CC(=Nc2c(C)cccc2C(C)C)C=C(C(C)C)C1=N. The predicted octanol–water partition coefficient (Wildman–Crippen LogP) is 5.75. The topological polar surface area (TPSA) is 36.2 Å². The molecule has 1 aromatic carbocycles. The summed E-state index contributed by atoms with van der Waals surface area (Å²) in [7, 11) is 0. The van der Waals surface area contributed by atoms with Crippen LogP contribution in [0, 0.1) is 18.3 Å². The minimum absolute atomic E-state index is 0.336. The second-order valence-electron chi connectivity index (χ2n) is 6.66. The van der Waals surface area contributed by atoms with Crippen molar-refractivity contribution in [1.82, 2.24) is 0 Å². The first-order valence-electron chi connectivity index (χ1n) is 7.98. The van der Waals surface area contributed by atoms with Gasteiger partial charge in [-0.05, 0) is 60.1 Å². The summed E-state index contributed by atoms with van der Waals surface area (Å²) >= 11 is 0. The van der Waals surface area contributed by atoms with Gasteiger partial charge in [0, 0.05) is 0 Å². The fourth-order valence-electron chi connectivity index (χ4n) is 2.74. The largest absolute Gasteiger partial charge is 0.300 e. The molecule has 0 radical (unpaired) electrons. The molecule has 22 heavy (non-hydrogen) atoms. The third-order valence-electron chi connectivity index (χ3n) is 4.10. The molecular weight excluding hydrogens is 268 g/mol. The fraction of sp³-hybridized carbons (Fsp3) is 0.400. The maximum absolute atomic E-state index is 8.21. The number of para-hydroxylation sites is 1. The van der Waals surface area contributed by atoms with Crippen molar-refractivity contribution in [2.75, 3.05) is 0 Å². The number of nitrogens with zero attached hydrogens (tertiary/aromatic N) is 1. The van der Waals surface area contributed by atoms with Crippen LogP contribution >= 0.6 is 0 Å². The first kappa shape index (κ1) is 16.4. The second-order valence-corrected chi connectivity index (χ2v) is 6.66. The Balaban J connectivity index is 2.57. The smallest absolute Gasteiger partial charge is 0.0700 e. The maximum atomic E-state index is 8.21. The summed E-state index contributed by atoms with van der Waals surface area (Å²) in [4.78, 5) is 4.92. The molecule has 1 N–H and O–H groups in total. The van der Waals surface area contributed by atoms with Crippen molar-refractivity contribution in [3.63, 3.8) is 0 Å². The first-order chi connectivity index (χ1) is 10.3. The Morgan fingerprint density at radius 3 is 2.23 bits per heavy atom. The van der Waals surface area contributed by atoms with E-state index in [9.17, 15) is 0 Å². The predicted molar refractivity (Wildman–Crippen MR) is 96.8 cm³/mol. The van der Waals surface area contributed by atoms with Crippen LogP contribution in [0.1, 0.15) is 51.7 Å². The summed E-state index contributed by atoms with van der Waals surface area (Å²) < 4.78 is 0. The molecule has 0 fully saturated rings. The normalized spacial score (nSPS) is 17.3. The first-order valence-corrected chi connectivity index (χ1v) is 7.98. The van der Waals surface area contributed by atoms with E-state index < -0.39 is 0 Å². The molecule has 0 bridgehead atoms. The van der Waals surface area contributed by atoms with Gasteiger partial charge in [0.05, 0.1) is 17.1 Å². The molecule has 0 spiro atoms. The van der Waals surface area contributed by atoms with Gasteiger partial charge in [-0.15, -0.1) is 0 Å². The summed E-state index contributed by atoms with van der Waals surface area (Å²) in [6.45, 7) is 12.8. The molecule has 1 aliphatic rings. The number of rotatable bonds is 3. The lowest BCUT2D eigenvalue weighted by Gasteiger charge is -2.19. The molecule has 1 aliphatic carbocycles. The Labute approximate surface area is 134 Å². The Bertz CT molecular complexity index is 686. The van der Waals surface area contributed by atoms with Crippen molar-refractivity contribution < 1.29 is 0 Å². The molecular formula is C20H26N2. The van der Waals surface area contributed by atoms with Gasteiger partial charge in [0.25, 0.3) is 0 Å². The zero-order valence-corrected chi connectivity index (χ0v) is 14.5. The number of aryl methyl sites for hydroxylation is 1. The van der Waals surface area contributed by atoms with E-state index in [2.05, 4.69) is 58.9 Å². The lowest BCUT2D eigenvalue weighted by atomic mass is 9.88. The monoisotopic (exact) mass is 294 g/mol. The van der Waals surface area contributed by atoms with Crippen molar-refractivity contribution in [1.29, 1.82) is 5.41 Å². The molecule has 0 unspecified atom stereocenters. The lowest BCUT2D eigenvalue weighted by molar-refractivity contribution is 0.801. The van der Waals surface area contributed by atoms with E-state index >= 15 is 0 Å². The van der Waals surface area contributed by atoms with Crippen LogP contribution in [0.25, 0.3) is 0 Å². The molecule has 0 saturated heterocycles. The van der Waals surface area contributed by atoms with Crippen molar-refractivity contribution in [2.24, 2.45) is 10.9 Å². The number of aliphatic imine (C=N–C) groups is 1. The third-order valence-corrected chi connectivity index (χ3v) is 4.10. The number of allylic oxidation sites excluding steroid dienone is 4. The van der Waals surface area contributed by atoms with Crippen LogP contribution < -0.4 is 0 Å². The lowest BCUT2D eigenvalue weighted by Crippen LogP contribution is -2.15. The molecule has 2 heteroatoms. The Morgan fingerprint density at radius 2 is 1.64 bits per heavy atom. The van der Waals surface area contributed by atoms with Gasteiger partial charge in [0.1, 0.15) is 0 Å². The highest BCUT2D eigenvalue weighted by Crippen LogP contribution is 2.31. The van der Waals surface area contributed by atoms with Gasteiger partial charge in [-0.2, -0.15) is 0 Å². The van der Waals surface area contributed by atoms with Crippen molar-refractivity contribution in [3.8, 4) is 0 Å². The second kappa shape index (κ2) is 6.43. The standard InChI is InChI=1S/C20H26N2/c1-12(2)17-9-7-8-14(5)20(17)22-16-10-15(6)19(21)18(11-16)13(3)4/h7-13,21H,1-6H3. The van der Waals surface area contributed by atoms with E-state index in [0.29, 0.717) is 17.5 Å². The van der Waals surface area contributed by atoms with E-state index in [0.717, 1.165) is 22.5 Å². The summed E-state index contributed by atoms with van der Waals surface area (Å²) in [6, 6.07) is 6.37. The van der Waals surface area contributed by atoms with Crippen LogP contribution in [0.5, 0.6) is 0 Å². The van der Waals surface area contributed by atoms with E-state index in [4.69, 9.17) is 10.4 Å².